The Kier molecular flexibility index (Phi) is 4.58. The molecule has 1 aliphatic rings. The average molecular weight is 303 g/mol. The molecule has 2 N–H and O–H groups in total. The van der Waals surface area contributed by atoms with E-state index in [9.17, 15) is 9.50 Å². The summed E-state index contributed by atoms with van der Waals surface area (Å²) in [6, 6.07) is 15.1. The van der Waals surface area contributed by atoms with Gasteiger partial charge in [0.05, 0.1) is 12.6 Å². The van der Waals surface area contributed by atoms with Crippen LogP contribution >= 0.6 is 11.8 Å². The van der Waals surface area contributed by atoms with Crippen LogP contribution in [0.25, 0.3) is 0 Å². The van der Waals surface area contributed by atoms with Crippen LogP contribution in [0.5, 0.6) is 0 Å². The largest absolute Gasteiger partial charge is 0.394 e. The molecule has 1 unspecified atom stereocenters. The van der Waals surface area contributed by atoms with E-state index in [0.717, 1.165) is 28.2 Å². The summed E-state index contributed by atoms with van der Waals surface area (Å²) in [4.78, 5) is 0.742. The van der Waals surface area contributed by atoms with Crippen molar-refractivity contribution >= 4 is 11.8 Å². The van der Waals surface area contributed by atoms with E-state index in [1.807, 2.05) is 36.4 Å². The minimum absolute atomic E-state index is 0.0261. The number of hydrogen-bond acceptors (Lipinski definition) is 3. The van der Waals surface area contributed by atoms with Crippen LogP contribution in [0.3, 0.4) is 0 Å². The first kappa shape index (κ1) is 14.6. The van der Waals surface area contributed by atoms with E-state index >= 15 is 0 Å². The van der Waals surface area contributed by atoms with Crippen LogP contribution < -0.4 is 5.32 Å². The number of nitrogens with one attached hydrogen (secondary N) is 1. The van der Waals surface area contributed by atoms with Crippen LogP contribution in [0.2, 0.25) is 0 Å². The third kappa shape index (κ3) is 3.12. The molecule has 0 aromatic heterocycles. The minimum Gasteiger partial charge on any atom is -0.394 e. The standard InChI is InChI=1S/C17H18FNOS/c18-14-8-4-7-13-15(9-10-21-17(13)14)19-16(11-20)12-5-2-1-3-6-12/h1-8,15-16,19-20H,9-11H2/t15?,16-/m1/s1. The maximum absolute atomic E-state index is 13.9. The number of halogens is 1. The molecule has 1 aliphatic heterocycles. The Hall–Kier alpha value is -1.36. The monoisotopic (exact) mass is 303 g/mol. The van der Waals surface area contributed by atoms with Gasteiger partial charge in [-0.3, -0.25) is 0 Å². The summed E-state index contributed by atoms with van der Waals surface area (Å²) < 4.78 is 13.9. The first-order valence-corrected chi connectivity index (χ1v) is 8.11. The maximum atomic E-state index is 13.9. The van der Waals surface area contributed by atoms with Gasteiger partial charge in [0, 0.05) is 10.9 Å². The topological polar surface area (TPSA) is 32.3 Å². The summed E-state index contributed by atoms with van der Waals surface area (Å²) in [5, 5.41) is 13.1. The molecule has 0 radical (unpaired) electrons. The normalized spacial score (nSPS) is 19.0. The predicted molar refractivity (Wildman–Crippen MR) is 83.9 cm³/mol. The quantitative estimate of drug-likeness (QED) is 0.903. The van der Waals surface area contributed by atoms with Crippen molar-refractivity contribution in [3.05, 3.63) is 65.5 Å². The number of benzene rings is 2. The second kappa shape index (κ2) is 6.60. The SMILES string of the molecule is OC[C@@H](NC1CCSc2c(F)cccc21)c1ccccc1. The van der Waals surface area contributed by atoms with E-state index in [1.54, 1.807) is 17.8 Å². The van der Waals surface area contributed by atoms with Gasteiger partial charge in [0.15, 0.2) is 0 Å². The van der Waals surface area contributed by atoms with Crippen LogP contribution in [0.4, 0.5) is 4.39 Å². The van der Waals surface area contributed by atoms with Crippen molar-refractivity contribution in [1.82, 2.24) is 5.32 Å². The molecule has 21 heavy (non-hydrogen) atoms. The molecule has 1 heterocycles. The number of hydrogen-bond donors (Lipinski definition) is 2. The molecule has 2 aromatic carbocycles. The highest BCUT2D eigenvalue weighted by Crippen LogP contribution is 2.38. The summed E-state index contributed by atoms with van der Waals surface area (Å²) >= 11 is 1.57. The van der Waals surface area contributed by atoms with Gasteiger partial charge >= 0.3 is 0 Å². The summed E-state index contributed by atoms with van der Waals surface area (Å²) in [6.07, 6.45) is 0.935. The fourth-order valence-electron chi connectivity index (χ4n) is 2.74. The van der Waals surface area contributed by atoms with E-state index in [-0.39, 0.29) is 24.5 Å². The van der Waals surface area contributed by atoms with Crippen molar-refractivity contribution in [2.45, 2.75) is 23.4 Å². The minimum atomic E-state index is -0.149. The van der Waals surface area contributed by atoms with Gasteiger partial charge in [-0.05, 0) is 29.4 Å². The van der Waals surface area contributed by atoms with Crippen molar-refractivity contribution < 1.29 is 9.50 Å². The summed E-state index contributed by atoms with van der Waals surface area (Å²) in [6.45, 7) is 0.0261. The molecule has 2 nitrogen and oxygen atoms in total. The molecule has 2 aromatic rings. The Morgan fingerprint density at radius 3 is 2.76 bits per heavy atom. The fraction of sp³-hybridized carbons (Fsp3) is 0.294. The van der Waals surface area contributed by atoms with Gasteiger partial charge in [-0.2, -0.15) is 0 Å². The lowest BCUT2D eigenvalue weighted by Gasteiger charge is -2.30. The molecule has 0 aliphatic carbocycles. The zero-order chi connectivity index (χ0) is 14.7. The van der Waals surface area contributed by atoms with E-state index in [0.29, 0.717) is 0 Å². The van der Waals surface area contributed by atoms with Gasteiger partial charge in [-0.25, -0.2) is 4.39 Å². The highest BCUT2D eigenvalue weighted by molar-refractivity contribution is 7.99. The van der Waals surface area contributed by atoms with E-state index in [2.05, 4.69) is 5.32 Å². The van der Waals surface area contributed by atoms with E-state index in [1.165, 1.54) is 6.07 Å². The molecule has 0 fully saturated rings. The smallest absolute Gasteiger partial charge is 0.137 e. The van der Waals surface area contributed by atoms with Crippen molar-refractivity contribution in [2.24, 2.45) is 0 Å². The first-order valence-electron chi connectivity index (χ1n) is 7.12. The van der Waals surface area contributed by atoms with Crippen LogP contribution in [-0.2, 0) is 0 Å². The highest BCUT2D eigenvalue weighted by atomic mass is 32.2. The van der Waals surface area contributed by atoms with Gasteiger partial charge in [-0.1, -0.05) is 42.5 Å². The molecule has 0 saturated heterocycles. The molecular formula is C17H18FNOS. The lowest BCUT2D eigenvalue weighted by Crippen LogP contribution is -2.31. The second-order valence-corrected chi connectivity index (χ2v) is 6.27. The molecule has 0 amide bonds. The molecule has 0 spiro atoms. The van der Waals surface area contributed by atoms with Crippen molar-refractivity contribution in [3.8, 4) is 0 Å². The lowest BCUT2D eigenvalue weighted by molar-refractivity contribution is 0.231. The zero-order valence-corrected chi connectivity index (χ0v) is 12.4. The number of thioether (sulfide) groups is 1. The Bertz CT molecular complexity index is 605. The molecule has 4 heteroatoms. The predicted octanol–water partition coefficient (Wildman–Crippen LogP) is 3.69. The van der Waals surface area contributed by atoms with Crippen LogP contribution in [0.15, 0.2) is 53.4 Å². The summed E-state index contributed by atoms with van der Waals surface area (Å²) in [7, 11) is 0. The Morgan fingerprint density at radius 1 is 1.19 bits per heavy atom. The van der Waals surface area contributed by atoms with Gasteiger partial charge in [-0.15, -0.1) is 11.8 Å². The van der Waals surface area contributed by atoms with Gasteiger partial charge in [0.2, 0.25) is 0 Å². The zero-order valence-electron chi connectivity index (χ0n) is 11.6. The molecule has 3 rings (SSSR count). The molecule has 0 bridgehead atoms. The number of rotatable bonds is 4. The maximum Gasteiger partial charge on any atom is 0.137 e. The summed E-state index contributed by atoms with van der Waals surface area (Å²) in [5.41, 5.74) is 2.05. The molecule has 0 saturated carbocycles. The van der Waals surface area contributed by atoms with Crippen molar-refractivity contribution in [2.75, 3.05) is 12.4 Å². The fourth-order valence-corrected chi connectivity index (χ4v) is 3.88. The highest BCUT2D eigenvalue weighted by Gasteiger charge is 2.25. The summed E-state index contributed by atoms with van der Waals surface area (Å²) in [5.74, 6) is 0.739. The van der Waals surface area contributed by atoms with E-state index in [4.69, 9.17) is 0 Å². The Balaban J connectivity index is 1.84. The Morgan fingerprint density at radius 2 is 2.00 bits per heavy atom. The number of fused-ring (bicyclic) bond motifs is 1. The van der Waals surface area contributed by atoms with Crippen LogP contribution in [-0.4, -0.2) is 17.5 Å². The van der Waals surface area contributed by atoms with Crippen molar-refractivity contribution in [3.63, 3.8) is 0 Å². The molecule has 2 atom stereocenters. The van der Waals surface area contributed by atoms with Gasteiger partial charge in [0.25, 0.3) is 0 Å². The third-order valence-corrected chi connectivity index (χ3v) is 4.97. The number of aliphatic hydroxyl groups is 1. The first-order chi connectivity index (χ1) is 10.3. The number of aliphatic hydroxyl groups excluding tert-OH is 1. The average Bonchev–Trinajstić information content (AvgIpc) is 2.54. The third-order valence-electron chi connectivity index (χ3n) is 3.81. The van der Waals surface area contributed by atoms with E-state index < -0.39 is 0 Å². The van der Waals surface area contributed by atoms with Crippen LogP contribution in [0.1, 0.15) is 29.6 Å². The van der Waals surface area contributed by atoms with Gasteiger partial charge < -0.3 is 10.4 Å². The van der Waals surface area contributed by atoms with Crippen molar-refractivity contribution in [1.29, 1.82) is 0 Å². The van der Waals surface area contributed by atoms with Crippen LogP contribution in [0, 0.1) is 5.82 Å². The Labute approximate surface area is 128 Å². The molecular weight excluding hydrogens is 285 g/mol. The molecule has 110 valence electrons. The lowest BCUT2D eigenvalue weighted by atomic mass is 10.00. The second-order valence-electron chi connectivity index (χ2n) is 5.16. The van der Waals surface area contributed by atoms with Gasteiger partial charge in [0.1, 0.15) is 5.82 Å².